The smallest absolute Gasteiger partial charge is 0.425 e. The molecule has 0 spiro atoms. The van der Waals surface area contributed by atoms with Crippen LogP contribution in [0.5, 0.6) is 11.5 Å². The molecule has 10 rings (SSSR count). The molecule has 0 saturated carbocycles. The highest BCUT2D eigenvalue weighted by Crippen LogP contribution is 2.46. The summed E-state index contributed by atoms with van der Waals surface area (Å²) in [6.07, 6.45) is -14.4. The molecule has 2 aromatic carbocycles. The number of hydrogen-bond donors (Lipinski definition) is 3. The van der Waals surface area contributed by atoms with Crippen LogP contribution < -0.4 is 29.9 Å². The lowest BCUT2D eigenvalue weighted by Gasteiger charge is -2.51. The largest absolute Gasteiger partial charge is 0.474 e. The molecule has 4 aromatic heterocycles. The first-order valence-electron chi connectivity index (χ1n) is 32.8. The van der Waals surface area contributed by atoms with Crippen LogP contribution in [0.25, 0.3) is 0 Å². The first kappa shape index (κ1) is 91.4. The number of alkyl halides is 12. The van der Waals surface area contributed by atoms with Crippen molar-refractivity contribution in [2.45, 2.75) is 135 Å². The van der Waals surface area contributed by atoms with E-state index in [9.17, 15) is 86.6 Å². The number of carbonyl (C=O) groups is 6. The van der Waals surface area contributed by atoms with Gasteiger partial charge in [0.05, 0.1) is 57.1 Å². The van der Waals surface area contributed by atoms with Gasteiger partial charge in [0.15, 0.2) is 0 Å². The summed E-state index contributed by atoms with van der Waals surface area (Å²) in [4.78, 5) is 96.5. The normalized spacial score (nSPS) is 19.0. The van der Waals surface area contributed by atoms with Crippen LogP contribution in [0.2, 0.25) is 0 Å². The Balaban J connectivity index is 0.000000359. The number of piperazine rings is 2. The molecule has 0 radical (unpaired) electrons. The summed E-state index contributed by atoms with van der Waals surface area (Å²) in [6.45, 7) is 4.34. The Morgan fingerprint density at radius 3 is 1.24 bits per heavy atom. The van der Waals surface area contributed by atoms with E-state index in [4.69, 9.17) is 14.2 Å². The molecule has 0 aliphatic carbocycles. The number of methoxy groups -OCH3 is 1. The van der Waals surface area contributed by atoms with Crippen molar-refractivity contribution in [2.24, 2.45) is 0 Å². The van der Waals surface area contributed by atoms with E-state index in [0.29, 0.717) is 83.5 Å². The molecule has 6 aromatic rings. The van der Waals surface area contributed by atoms with E-state index in [1.54, 1.807) is 56.3 Å². The number of thiophene rings is 2. The molecule has 4 saturated heterocycles. The van der Waals surface area contributed by atoms with Crippen molar-refractivity contribution in [2.75, 3.05) is 106 Å². The number of halogens is 15. The van der Waals surface area contributed by atoms with Crippen LogP contribution in [0.4, 0.5) is 75.4 Å². The molecule has 4 aliphatic heterocycles. The Morgan fingerprint density at radius 1 is 0.556 bits per heavy atom. The number of amides is 6. The molecule has 594 valence electrons. The Bertz CT molecular complexity index is 3980. The van der Waals surface area contributed by atoms with Gasteiger partial charge < -0.3 is 59.4 Å². The molecule has 4 atom stereocenters. The Morgan fingerprint density at radius 2 is 0.917 bits per heavy atom. The number of hydrogen-bond acceptors (Lipinski definition) is 16. The number of piperidine rings is 2. The second-order valence-electron chi connectivity index (χ2n) is 24.5. The fraction of sp³-hybridized carbons (Fsp3) is 0.486. The number of rotatable bonds is 19. The van der Waals surface area contributed by atoms with Crippen LogP contribution in [0.3, 0.4) is 0 Å². The summed E-state index contributed by atoms with van der Waals surface area (Å²) in [6, 6.07) is 14.7. The molecule has 4 fully saturated rings. The van der Waals surface area contributed by atoms with Gasteiger partial charge >= 0.3 is 27.9 Å². The molecule has 3 N–H and O–H groups in total. The van der Waals surface area contributed by atoms with Crippen molar-refractivity contribution >= 4 is 131 Å². The standard InChI is InChI=1S/C34H37F6N5O5S.C33H35F6N5O5S.3CH4.BBr3/c1-3-7-27-32(50-22-18-28(51-21-22)34(38,39)40,11-6-13-45(27)30(47)23-19-41-12-10-24(23)33(35,36)37)31(48)44-16-14-43(15-17-44)26-9-5-4-8-25(26)42-29(46)20-49-2;1-2-6-26-31(49-21-17-27(50-20-21)33(37,38)39,10-5-12-44(26)29(47)22-18-40-11-9-23(22)32(34,35)36)30(48)43-15-13-42(14-16-43)25-8-4-3-7-24(25)41-28(46)19-45;;;;2-1(3)4/h4-5,8-10,12,18-19,21,27H,3,6-7,11,13-17,20H2,1-2H3,(H,42,46);3-4,7-9,11,17-18,20,26,45H,2,5-6,10,12-16,19H2,1H3,(H,41,46);3*1H4;/t27-,32+;26-,31+;;;;/m11..../s1. The summed E-state index contributed by atoms with van der Waals surface area (Å²) in [7, 11) is 1.40. The maximum Gasteiger partial charge on any atom is 0.425 e. The first-order valence-corrected chi connectivity index (χ1v) is 37.3. The van der Waals surface area contributed by atoms with E-state index in [2.05, 4.69) is 67.9 Å². The van der Waals surface area contributed by atoms with Crippen molar-refractivity contribution < 1.29 is 101 Å². The summed E-state index contributed by atoms with van der Waals surface area (Å²) in [5.74, 6) is -4.64. The SMILES string of the molecule is BrB(Br)Br.C.C.C.CCC[C@H]1N(C(=O)c2cnccc2C(F)(F)F)CCC[C@@]1(Oc1csc(C(F)(F)F)c1)C(=O)N1CCN(c2ccccc2NC(=O)CO)CC1.CCC[C@H]1N(C(=O)c2cnccc2C(F)(F)F)CCC[C@@]1(Oc1csc(C(F)(F)F)c1)C(=O)N1CCN(c2ccccc2NC(=O)COC)CC1. The van der Waals surface area contributed by atoms with E-state index in [-0.39, 0.29) is 140 Å². The lowest BCUT2D eigenvalue weighted by Crippen LogP contribution is -2.69. The highest BCUT2D eigenvalue weighted by Gasteiger charge is 2.58. The molecule has 20 nitrogen and oxygen atoms in total. The molecular weight excluding hydrogens is 1680 g/mol. The molecule has 108 heavy (non-hydrogen) atoms. The van der Waals surface area contributed by atoms with Gasteiger partial charge in [-0.3, -0.25) is 38.7 Å². The number of aromatic nitrogens is 2. The van der Waals surface area contributed by atoms with Gasteiger partial charge in [0.2, 0.25) is 23.0 Å². The van der Waals surface area contributed by atoms with Gasteiger partial charge in [0.25, 0.3) is 23.6 Å². The fourth-order valence-electron chi connectivity index (χ4n) is 13.3. The third-order valence-electron chi connectivity index (χ3n) is 17.7. The summed E-state index contributed by atoms with van der Waals surface area (Å²) < 4.78 is 183. The summed E-state index contributed by atoms with van der Waals surface area (Å²) in [5, 5.41) is 16.9. The van der Waals surface area contributed by atoms with E-state index >= 15 is 0 Å². The zero-order chi connectivity index (χ0) is 76.8. The van der Waals surface area contributed by atoms with Crippen LogP contribution in [0.15, 0.2) is 108 Å². The molecule has 0 bridgehead atoms. The van der Waals surface area contributed by atoms with Gasteiger partial charge in [0, 0.05) is 133 Å². The van der Waals surface area contributed by atoms with Gasteiger partial charge in [-0.15, -0.1) is 69.9 Å². The lowest BCUT2D eigenvalue weighted by atomic mass is 9.79. The van der Waals surface area contributed by atoms with E-state index in [1.807, 2.05) is 15.9 Å². The fourth-order valence-corrected chi connectivity index (χ4v) is 14.6. The number of para-hydroxylation sites is 4. The van der Waals surface area contributed by atoms with Crippen molar-refractivity contribution in [3.63, 3.8) is 0 Å². The van der Waals surface area contributed by atoms with Crippen molar-refractivity contribution in [1.82, 2.24) is 29.6 Å². The number of benzene rings is 2. The van der Waals surface area contributed by atoms with Crippen LogP contribution in [0, 0.1) is 0 Å². The van der Waals surface area contributed by atoms with Gasteiger partial charge in [0.1, 0.15) is 34.5 Å². The molecule has 0 unspecified atom stereocenters. The van der Waals surface area contributed by atoms with E-state index in [0.717, 1.165) is 47.7 Å². The zero-order valence-corrected chi connectivity index (χ0v) is 62.8. The second-order valence-corrected chi connectivity index (χ2v) is 32.7. The second kappa shape index (κ2) is 39.6. The Labute approximate surface area is 651 Å². The van der Waals surface area contributed by atoms with Crippen LogP contribution in [-0.2, 0) is 48.6 Å². The van der Waals surface area contributed by atoms with Crippen molar-refractivity contribution in [3.8, 4) is 11.5 Å². The Hall–Kier alpha value is -7.26. The van der Waals surface area contributed by atoms with Crippen molar-refractivity contribution in [3.05, 3.63) is 140 Å². The first-order chi connectivity index (χ1) is 49.6. The minimum atomic E-state index is -4.88. The van der Waals surface area contributed by atoms with Gasteiger partial charge in [-0.2, -0.15) is 52.7 Å². The van der Waals surface area contributed by atoms with Gasteiger partial charge in [-0.25, -0.2) is 0 Å². The number of nitrogens with one attached hydrogen (secondary N) is 2. The highest BCUT2D eigenvalue weighted by molar-refractivity contribution is 9.69. The molecule has 4 aliphatic rings. The topological polar surface area (TPSA) is 220 Å². The number of nitrogens with zero attached hydrogens (tertiary/aromatic N) is 8. The number of likely N-dealkylation sites (tertiary alicyclic amines) is 2. The average Bonchev–Trinajstić information content (AvgIpc) is 1.19. The minimum Gasteiger partial charge on any atom is -0.474 e. The number of pyridine rings is 2. The van der Waals surface area contributed by atoms with Crippen LogP contribution >= 0.6 is 69.9 Å². The van der Waals surface area contributed by atoms with E-state index < -0.39 is 116 Å². The van der Waals surface area contributed by atoms with Crippen LogP contribution in [-0.4, -0.2) is 182 Å². The monoisotopic (exact) mass is 1760 g/mol. The number of aliphatic hydroxyl groups is 1. The number of ether oxygens (including phenoxy) is 3. The summed E-state index contributed by atoms with van der Waals surface area (Å²) in [5.41, 5.74) is -5.31. The van der Waals surface area contributed by atoms with Crippen LogP contribution in [0.1, 0.15) is 129 Å². The number of aliphatic hydroxyl groups excluding tert-OH is 1. The molecule has 38 heteroatoms. The van der Waals surface area contributed by atoms with Crippen molar-refractivity contribution in [1.29, 1.82) is 0 Å². The third kappa shape index (κ3) is 22.3. The lowest BCUT2D eigenvalue weighted by molar-refractivity contribution is -0.160. The maximum atomic E-state index is 14.8. The minimum absolute atomic E-state index is 0. The predicted octanol–water partition coefficient (Wildman–Crippen LogP) is 16.1. The Kier molecular flexibility index (Phi) is 33.5. The quantitative estimate of drug-likeness (QED) is 0.0507. The van der Waals surface area contributed by atoms with Gasteiger partial charge in [-0.05, 0) is 62.1 Å². The summed E-state index contributed by atoms with van der Waals surface area (Å²) >= 11 is 10.1. The zero-order valence-electron chi connectivity index (χ0n) is 56.5. The maximum absolute atomic E-state index is 14.8. The third-order valence-corrected chi connectivity index (χ3v) is 19.6. The highest BCUT2D eigenvalue weighted by atomic mass is 79.9. The average molecular weight is 1770 g/mol. The molecular formula is C70H84BBr3F12N10O10S2. The number of carbonyl (C=O) groups excluding carboxylic acids is 6. The van der Waals surface area contributed by atoms with Gasteiger partial charge in [-0.1, -0.05) is 73.2 Å². The predicted molar refractivity (Wildman–Crippen MR) is 401 cm³/mol. The molecule has 8 heterocycles. The van der Waals surface area contributed by atoms with E-state index in [1.165, 1.54) is 26.7 Å². The number of anilines is 4. The molecule has 6 amide bonds.